The summed E-state index contributed by atoms with van der Waals surface area (Å²) in [7, 11) is 0. The highest BCUT2D eigenvalue weighted by atomic mass is 32.2. The number of rotatable bonds is 4. The van der Waals surface area contributed by atoms with Gasteiger partial charge in [-0.25, -0.2) is 0 Å². The van der Waals surface area contributed by atoms with Crippen LogP contribution >= 0.6 is 23.5 Å². The first-order valence-electron chi connectivity index (χ1n) is 18.7. The molecule has 54 heavy (non-hydrogen) atoms. The lowest BCUT2D eigenvalue weighted by molar-refractivity contribution is 0.637. The molecule has 0 fully saturated rings. The first kappa shape index (κ1) is 31.8. The summed E-state index contributed by atoms with van der Waals surface area (Å²) in [6.07, 6.45) is 11.9. The molecule has 0 spiro atoms. The van der Waals surface area contributed by atoms with Crippen molar-refractivity contribution in [3.8, 4) is 22.3 Å². The molecule has 0 radical (unpaired) electrons. The van der Waals surface area contributed by atoms with E-state index >= 15 is 0 Å². The molecule has 0 aromatic heterocycles. The van der Waals surface area contributed by atoms with Gasteiger partial charge < -0.3 is 5.32 Å². The number of benzene rings is 7. The van der Waals surface area contributed by atoms with Crippen LogP contribution in [0.15, 0.2) is 213 Å². The van der Waals surface area contributed by atoms with Gasteiger partial charge in [0, 0.05) is 36.8 Å². The number of nitrogens with one attached hydrogen (secondary N) is 1. The van der Waals surface area contributed by atoms with Crippen LogP contribution in [0.25, 0.3) is 49.4 Å². The molecule has 7 aromatic rings. The third-order valence-corrected chi connectivity index (χ3v) is 14.0. The summed E-state index contributed by atoms with van der Waals surface area (Å²) in [6, 6.07) is 51.9. The van der Waals surface area contributed by atoms with Crippen molar-refractivity contribution in [2.24, 2.45) is 0 Å². The van der Waals surface area contributed by atoms with E-state index in [1.165, 1.54) is 102 Å². The maximum Gasteiger partial charge on any atom is 0.0704 e. The number of dihydropyridines is 1. The van der Waals surface area contributed by atoms with Crippen LogP contribution in [0.2, 0.25) is 0 Å². The minimum absolute atomic E-state index is 0.0804. The average Bonchev–Trinajstić information content (AvgIpc) is 3.23. The van der Waals surface area contributed by atoms with Crippen molar-refractivity contribution in [3.63, 3.8) is 0 Å². The molecule has 2 aliphatic heterocycles. The predicted octanol–water partition coefficient (Wildman–Crippen LogP) is 13.6. The largest absolute Gasteiger partial charge is 0.377 e. The van der Waals surface area contributed by atoms with E-state index in [1.807, 2.05) is 23.5 Å². The van der Waals surface area contributed by atoms with E-state index in [0.717, 1.165) is 6.42 Å². The molecular weight excluding hydrogens is 691 g/mol. The molecule has 2 heterocycles. The maximum absolute atomic E-state index is 4.46. The van der Waals surface area contributed by atoms with Crippen molar-refractivity contribution in [2.45, 2.75) is 38.0 Å². The molecule has 3 heteroatoms. The molecule has 2 atom stereocenters. The van der Waals surface area contributed by atoms with Crippen LogP contribution in [-0.4, -0.2) is 6.04 Å². The molecular formula is C51H35NS2. The van der Waals surface area contributed by atoms with Gasteiger partial charge in [-0.05, 0) is 102 Å². The van der Waals surface area contributed by atoms with Gasteiger partial charge in [-0.2, -0.15) is 0 Å². The van der Waals surface area contributed by atoms with Gasteiger partial charge in [-0.3, -0.25) is 0 Å². The standard InChI is InChI=1S/C51H35NS2/c1-2-37-50(33-24-22-32(23-25-33)39-20-11-15-31-12-5-6-16-38(31)39)42-19-9-10-21-45(42)52-51(37)44-26-36-29-48-49(30-43(36)40-17-7-8-18-41(40)44)54-47-28-35-14-4-3-13-34(35)27-46(47)53-48/h2-25,27-30,44-45,52H,1,26H2. The number of allylic oxidation sites excluding steroid dienone is 6. The highest BCUT2D eigenvalue weighted by Gasteiger charge is 2.35. The zero-order valence-electron chi connectivity index (χ0n) is 29.6. The molecule has 4 aliphatic rings. The van der Waals surface area contributed by atoms with Crippen molar-refractivity contribution in [3.05, 3.63) is 210 Å². The minimum Gasteiger partial charge on any atom is -0.377 e. The lowest BCUT2D eigenvalue weighted by Crippen LogP contribution is -2.37. The Morgan fingerprint density at radius 2 is 1.24 bits per heavy atom. The van der Waals surface area contributed by atoms with Gasteiger partial charge in [-0.15, -0.1) is 0 Å². The van der Waals surface area contributed by atoms with E-state index in [0.29, 0.717) is 0 Å². The SMILES string of the molecule is C=CC1=C(C2Cc3cc4c(cc3-c3ccccc32)Sc2cc3ccccc3cc2S4)NC2C=CC=CC2=C1c1ccc(-c2cccc3ccccc23)cc1. The Bertz CT molecular complexity index is 2850. The summed E-state index contributed by atoms with van der Waals surface area (Å²) in [5.41, 5.74) is 14.1. The fraction of sp³-hybridized carbons (Fsp3) is 0.0588. The van der Waals surface area contributed by atoms with Crippen LogP contribution in [0.3, 0.4) is 0 Å². The monoisotopic (exact) mass is 725 g/mol. The third-order valence-electron chi connectivity index (χ3n) is 11.5. The Balaban J connectivity index is 1.01. The van der Waals surface area contributed by atoms with Crippen LogP contribution in [0, 0.1) is 0 Å². The quantitative estimate of drug-likeness (QED) is 0.194. The Hall–Kier alpha value is -5.74. The number of hydrogen-bond donors (Lipinski definition) is 1. The fourth-order valence-electron chi connectivity index (χ4n) is 8.97. The van der Waals surface area contributed by atoms with E-state index in [-0.39, 0.29) is 12.0 Å². The van der Waals surface area contributed by atoms with Crippen molar-refractivity contribution < 1.29 is 0 Å². The Kier molecular flexibility index (Phi) is 7.47. The summed E-state index contributed by atoms with van der Waals surface area (Å²) in [5.74, 6) is 0.156. The zero-order chi connectivity index (χ0) is 35.8. The molecule has 0 amide bonds. The molecule has 7 aromatic carbocycles. The maximum atomic E-state index is 4.46. The Morgan fingerprint density at radius 3 is 2.04 bits per heavy atom. The second-order valence-corrected chi connectivity index (χ2v) is 16.6. The first-order chi connectivity index (χ1) is 26.7. The van der Waals surface area contributed by atoms with E-state index in [9.17, 15) is 0 Å². The van der Waals surface area contributed by atoms with E-state index in [2.05, 4.69) is 182 Å². The minimum atomic E-state index is 0.0804. The lowest BCUT2D eigenvalue weighted by Gasteiger charge is -2.38. The molecule has 1 N–H and O–H groups in total. The van der Waals surface area contributed by atoms with Crippen LogP contribution in [0.5, 0.6) is 0 Å². The lowest BCUT2D eigenvalue weighted by atomic mass is 9.73. The first-order valence-corrected chi connectivity index (χ1v) is 20.3. The van der Waals surface area contributed by atoms with Gasteiger partial charge in [0.1, 0.15) is 0 Å². The molecule has 0 saturated heterocycles. The van der Waals surface area contributed by atoms with Crippen LogP contribution in [-0.2, 0) is 6.42 Å². The van der Waals surface area contributed by atoms with E-state index in [4.69, 9.17) is 0 Å². The van der Waals surface area contributed by atoms with Gasteiger partial charge in [0.05, 0.1) is 6.04 Å². The van der Waals surface area contributed by atoms with Crippen LogP contribution in [0.4, 0.5) is 0 Å². The molecule has 2 unspecified atom stereocenters. The Labute approximate surface area is 324 Å². The third kappa shape index (κ3) is 5.10. The molecule has 0 saturated carbocycles. The molecule has 256 valence electrons. The summed E-state index contributed by atoms with van der Waals surface area (Å²) in [5, 5.41) is 9.18. The molecule has 1 nitrogen and oxygen atoms in total. The smallest absolute Gasteiger partial charge is 0.0704 e. The second kappa shape index (κ2) is 12.7. The summed E-state index contributed by atoms with van der Waals surface area (Å²) >= 11 is 3.83. The topological polar surface area (TPSA) is 12.0 Å². The van der Waals surface area contributed by atoms with Gasteiger partial charge in [0.25, 0.3) is 0 Å². The van der Waals surface area contributed by atoms with Gasteiger partial charge in [-0.1, -0.05) is 176 Å². The Morgan fingerprint density at radius 1 is 0.593 bits per heavy atom. The highest BCUT2D eigenvalue weighted by molar-refractivity contribution is 8.05. The fourth-order valence-corrected chi connectivity index (χ4v) is 11.3. The van der Waals surface area contributed by atoms with Gasteiger partial charge in [0.2, 0.25) is 0 Å². The second-order valence-electron chi connectivity index (χ2n) is 14.5. The summed E-state index contributed by atoms with van der Waals surface area (Å²) < 4.78 is 0. The van der Waals surface area contributed by atoms with Crippen molar-refractivity contribution in [1.82, 2.24) is 5.32 Å². The predicted molar refractivity (Wildman–Crippen MR) is 229 cm³/mol. The average molecular weight is 726 g/mol. The van der Waals surface area contributed by atoms with Gasteiger partial charge in [0.15, 0.2) is 0 Å². The molecule has 0 bridgehead atoms. The molecule has 11 rings (SSSR count). The van der Waals surface area contributed by atoms with E-state index in [1.54, 1.807) is 0 Å². The van der Waals surface area contributed by atoms with Crippen molar-refractivity contribution in [1.29, 1.82) is 0 Å². The number of fused-ring (bicyclic) bond motifs is 8. The van der Waals surface area contributed by atoms with Crippen LogP contribution in [0.1, 0.15) is 22.6 Å². The zero-order valence-corrected chi connectivity index (χ0v) is 31.2. The summed E-state index contributed by atoms with van der Waals surface area (Å²) in [4.78, 5) is 5.38. The molecule has 2 aliphatic carbocycles. The van der Waals surface area contributed by atoms with Crippen molar-refractivity contribution in [2.75, 3.05) is 0 Å². The van der Waals surface area contributed by atoms with Crippen molar-refractivity contribution >= 4 is 50.6 Å². The van der Waals surface area contributed by atoms with Gasteiger partial charge >= 0.3 is 0 Å². The number of hydrogen-bond acceptors (Lipinski definition) is 3. The summed E-state index contributed by atoms with van der Waals surface area (Å²) in [6.45, 7) is 4.46. The van der Waals surface area contributed by atoms with Crippen LogP contribution < -0.4 is 5.32 Å². The highest BCUT2D eigenvalue weighted by Crippen LogP contribution is 2.54. The van der Waals surface area contributed by atoms with E-state index < -0.39 is 0 Å². The normalized spacial score (nSPS) is 18.1.